The molecule has 0 rings (SSSR count). The van der Waals surface area contributed by atoms with Crippen LogP contribution in [0.25, 0.3) is 0 Å². The lowest BCUT2D eigenvalue weighted by atomic mass is 9.87. The third kappa shape index (κ3) is 5.86. The van der Waals surface area contributed by atoms with Gasteiger partial charge in [-0.1, -0.05) is 20.8 Å². The number of amides is 2. The fourth-order valence-corrected chi connectivity index (χ4v) is 1.25. The highest BCUT2D eigenvalue weighted by Gasteiger charge is 2.32. The summed E-state index contributed by atoms with van der Waals surface area (Å²) >= 11 is 0. The first-order valence-electron chi connectivity index (χ1n) is 5.99. The van der Waals surface area contributed by atoms with Crippen molar-refractivity contribution in [3.8, 4) is 0 Å². The van der Waals surface area contributed by atoms with Crippen LogP contribution in [0, 0.1) is 5.41 Å². The molecule has 3 N–H and O–H groups in total. The summed E-state index contributed by atoms with van der Waals surface area (Å²) in [6, 6.07) is -1.17. The standard InChI is InChI=1S/C12H25N3O3/c1-8(15(5)6)7-13-11(18)14-9(10(16)17)12(2,3)4/h8-9H,7H2,1-6H3,(H,16,17)(H2,13,14,18). The average Bonchev–Trinajstić information content (AvgIpc) is 2.20. The van der Waals surface area contributed by atoms with Crippen LogP contribution in [0.2, 0.25) is 0 Å². The molecule has 0 aromatic heterocycles. The van der Waals surface area contributed by atoms with Crippen LogP contribution < -0.4 is 10.6 Å². The Morgan fingerprint density at radius 2 is 1.78 bits per heavy atom. The number of rotatable bonds is 5. The molecule has 0 aliphatic carbocycles. The number of urea groups is 1. The van der Waals surface area contributed by atoms with Gasteiger partial charge in [-0.3, -0.25) is 0 Å². The van der Waals surface area contributed by atoms with Crippen LogP contribution in [0.3, 0.4) is 0 Å². The second-order valence-electron chi connectivity index (χ2n) is 5.80. The van der Waals surface area contributed by atoms with Gasteiger partial charge in [-0.15, -0.1) is 0 Å². The summed E-state index contributed by atoms with van der Waals surface area (Å²) in [5.74, 6) is -1.03. The molecule has 0 heterocycles. The second kappa shape index (κ2) is 6.58. The van der Waals surface area contributed by atoms with E-state index in [1.165, 1.54) is 0 Å². The molecule has 2 atom stereocenters. The zero-order chi connectivity index (χ0) is 14.5. The van der Waals surface area contributed by atoms with Crippen LogP contribution in [-0.4, -0.2) is 54.7 Å². The van der Waals surface area contributed by atoms with Crippen molar-refractivity contribution >= 4 is 12.0 Å². The van der Waals surface area contributed by atoms with Crippen LogP contribution in [0.1, 0.15) is 27.7 Å². The van der Waals surface area contributed by atoms with E-state index in [2.05, 4.69) is 10.6 Å². The smallest absolute Gasteiger partial charge is 0.326 e. The number of carbonyl (C=O) groups is 2. The van der Waals surface area contributed by atoms with Gasteiger partial charge in [-0.05, 0) is 26.4 Å². The Labute approximate surface area is 109 Å². The molecule has 0 saturated heterocycles. The van der Waals surface area contributed by atoms with Crippen molar-refractivity contribution < 1.29 is 14.7 Å². The Kier molecular flexibility index (Phi) is 6.11. The highest BCUT2D eigenvalue weighted by Crippen LogP contribution is 2.19. The zero-order valence-electron chi connectivity index (χ0n) is 12.1. The molecule has 0 fully saturated rings. The van der Waals surface area contributed by atoms with Gasteiger partial charge in [0.15, 0.2) is 0 Å². The summed E-state index contributed by atoms with van der Waals surface area (Å²) in [7, 11) is 3.83. The second-order valence-corrected chi connectivity index (χ2v) is 5.80. The van der Waals surface area contributed by atoms with Crippen molar-refractivity contribution in [3.05, 3.63) is 0 Å². The van der Waals surface area contributed by atoms with Gasteiger partial charge in [0.1, 0.15) is 6.04 Å². The molecule has 0 aliphatic heterocycles. The lowest BCUT2D eigenvalue weighted by molar-refractivity contribution is -0.141. The number of aliphatic carboxylic acids is 1. The largest absolute Gasteiger partial charge is 0.480 e. The quantitative estimate of drug-likeness (QED) is 0.680. The molecule has 0 saturated carbocycles. The molecule has 0 radical (unpaired) electrons. The first kappa shape index (κ1) is 16.7. The number of hydrogen-bond acceptors (Lipinski definition) is 3. The zero-order valence-corrected chi connectivity index (χ0v) is 12.1. The monoisotopic (exact) mass is 259 g/mol. The van der Waals surface area contributed by atoms with E-state index < -0.39 is 23.5 Å². The Hall–Kier alpha value is -1.30. The van der Waals surface area contributed by atoms with Gasteiger partial charge < -0.3 is 20.6 Å². The molecule has 0 aromatic rings. The maximum Gasteiger partial charge on any atom is 0.326 e. The van der Waals surface area contributed by atoms with Crippen LogP contribution >= 0.6 is 0 Å². The van der Waals surface area contributed by atoms with Gasteiger partial charge in [-0.2, -0.15) is 0 Å². The molecule has 0 aromatic carbocycles. The minimum absolute atomic E-state index is 0.189. The number of carboxylic acids is 1. The van der Waals surface area contributed by atoms with Crippen molar-refractivity contribution in [3.63, 3.8) is 0 Å². The van der Waals surface area contributed by atoms with Crippen molar-refractivity contribution in [2.75, 3.05) is 20.6 Å². The Bertz CT molecular complexity index is 297. The summed E-state index contributed by atoms with van der Waals surface area (Å²) in [6.45, 7) is 7.76. The molecule has 6 nitrogen and oxygen atoms in total. The van der Waals surface area contributed by atoms with E-state index in [0.717, 1.165) is 0 Å². The molecule has 0 spiro atoms. The van der Waals surface area contributed by atoms with Crippen molar-refractivity contribution in [1.29, 1.82) is 0 Å². The first-order valence-corrected chi connectivity index (χ1v) is 5.99. The Morgan fingerprint density at radius 1 is 1.28 bits per heavy atom. The lowest BCUT2D eigenvalue weighted by Gasteiger charge is -2.28. The van der Waals surface area contributed by atoms with E-state index in [1.54, 1.807) is 20.8 Å². The first-order chi connectivity index (χ1) is 8.05. The molecule has 0 aliphatic rings. The van der Waals surface area contributed by atoms with Gasteiger partial charge in [-0.25, -0.2) is 9.59 Å². The highest BCUT2D eigenvalue weighted by atomic mass is 16.4. The summed E-state index contributed by atoms with van der Waals surface area (Å²) in [5, 5.41) is 14.2. The van der Waals surface area contributed by atoms with Gasteiger partial charge in [0.25, 0.3) is 0 Å². The number of nitrogens with one attached hydrogen (secondary N) is 2. The molecule has 106 valence electrons. The molecule has 2 amide bonds. The maximum absolute atomic E-state index is 11.6. The minimum Gasteiger partial charge on any atom is -0.480 e. The summed E-state index contributed by atoms with van der Waals surface area (Å²) in [6.07, 6.45) is 0. The van der Waals surface area contributed by atoms with Crippen molar-refractivity contribution in [1.82, 2.24) is 15.5 Å². The third-order valence-electron chi connectivity index (χ3n) is 2.83. The number of carboxylic acid groups (broad SMARTS) is 1. The molecule has 6 heteroatoms. The number of carbonyl (C=O) groups excluding carboxylic acids is 1. The van der Waals surface area contributed by atoms with Crippen LogP contribution in [-0.2, 0) is 4.79 Å². The topological polar surface area (TPSA) is 81.7 Å². The number of hydrogen-bond donors (Lipinski definition) is 3. The molecule has 18 heavy (non-hydrogen) atoms. The molecular formula is C12H25N3O3. The Morgan fingerprint density at radius 3 is 2.11 bits per heavy atom. The predicted octanol–water partition coefficient (Wildman–Crippen LogP) is 0.735. The van der Waals surface area contributed by atoms with Gasteiger partial charge in [0.2, 0.25) is 0 Å². The fraction of sp³-hybridized carbons (Fsp3) is 0.833. The molecule has 2 unspecified atom stereocenters. The Balaban J connectivity index is 4.33. The van der Waals surface area contributed by atoms with Crippen LogP contribution in [0.5, 0.6) is 0 Å². The van der Waals surface area contributed by atoms with Crippen LogP contribution in [0.4, 0.5) is 4.79 Å². The van der Waals surface area contributed by atoms with Gasteiger partial charge >= 0.3 is 12.0 Å². The molecular weight excluding hydrogens is 234 g/mol. The lowest BCUT2D eigenvalue weighted by Crippen LogP contribution is -2.53. The number of likely N-dealkylation sites (N-methyl/N-ethyl adjacent to an activating group) is 1. The maximum atomic E-state index is 11.6. The number of nitrogens with zero attached hydrogens (tertiary/aromatic N) is 1. The van der Waals surface area contributed by atoms with E-state index in [-0.39, 0.29) is 6.04 Å². The van der Waals surface area contributed by atoms with Crippen LogP contribution in [0.15, 0.2) is 0 Å². The summed E-state index contributed by atoms with van der Waals surface area (Å²) < 4.78 is 0. The average molecular weight is 259 g/mol. The van der Waals surface area contributed by atoms with E-state index in [1.807, 2.05) is 25.9 Å². The minimum atomic E-state index is -1.03. The highest BCUT2D eigenvalue weighted by molar-refractivity contribution is 5.83. The summed E-state index contributed by atoms with van der Waals surface area (Å²) in [5.41, 5.74) is -0.531. The predicted molar refractivity (Wildman–Crippen MR) is 70.6 cm³/mol. The van der Waals surface area contributed by atoms with E-state index in [9.17, 15) is 9.59 Å². The summed E-state index contributed by atoms with van der Waals surface area (Å²) in [4.78, 5) is 24.7. The van der Waals surface area contributed by atoms with E-state index >= 15 is 0 Å². The SMILES string of the molecule is CC(CNC(=O)NC(C(=O)O)C(C)(C)C)N(C)C. The van der Waals surface area contributed by atoms with Crippen molar-refractivity contribution in [2.24, 2.45) is 5.41 Å². The normalized spacial score (nSPS) is 15.1. The van der Waals surface area contributed by atoms with Gasteiger partial charge in [0, 0.05) is 12.6 Å². The van der Waals surface area contributed by atoms with Gasteiger partial charge in [0.05, 0.1) is 0 Å². The van der Waals surface area contributed by atoms with E-state index in [4.69, 9.17) is 5.11 Å². The third-order valence-corrected chi connectivity index (χ3v) is 2.83. The fourth-order valence-electron chi connectivity index (χ4n) is 1.25. The van der Waals surface area contributed by atoms with E-state index in [0.29, 0.717) is 6.54 Å². The van der Waals surface area contributed by atoms with Crippen molar-refractivity contribution in [2.45, 2.75) is 39.8 Å². The molecule has 0 bridgehead atoms.